The molecule has 1 aromatic rings. The predicted octanol–water partition coefficient (Wildman–Crippen LogP) is 0.221. The Labute approximate surface area is 102 Å². The van der Waals surface area contributed by atoms with Crippen molar-refractivity contribution in [3.8, 4) is 0 Å². The van der Waals surface area contributed by atoms with E-state index in [2.05, 4.69) is 15.7 Å². The van der Waals surface area contributed by atoms with Crippen LogP contribution in [0.1, 0.15) is 24.8 Å². The Kier molecular flexibility index (Phi) is 4.14. The zero-order chi connectivity index (χ0) is 12.1. The maximum atomic E-state index is 11.6. The molecule has 17 heavy (non-hydrogen) atoms. The van der Waals surface area contributed by atoms with E-state index >= 15 is 0 Å². The van der Waals surface area contributed by atoms with Gasteiger partial charge in [0.25, 0.3) is 0 Å². The third-order valence-electron chi connectivity index (χ3n) is 3.11. The van der Waals surface area contributed by atoms with Crippen LogP contribution in [0.15, 0.2) is 12.4 Å². The van der Waals surface area contributed by atoms with Crippen LogP contribution in [-0.4, -0.2) is 34.8 Å². The minimum Gasteiger partial charge on any atom is -0.355 e. The molecule has 94 valence electrons. The van der Waals surface area contributed by atoms with Crippen LogP contribution in [0.3, 0.4) is 0 Å². The number of carbonyl (C=O) groups is 1. The van der Waals surface area contributed by atoms with Crippen LogP contribution >= 0.6 is 0 Å². The number of aryl methyl sites for hydroxylation is 2. The van der Waals surface area contributed by atoms with Crippen LogP contribution in [0.4, 0.5) is 0 Å². The molecular weight excluding hydrogens is 216 g/mol. The highest BCUT2D eigenvalue weighted by atomic mass is 16.1. The number of hydrogen-bond acceptors (Lipinski definition) is 3. The number of nitrogens with zero attached hydrogens (tertiary/aromatic N) is 2. The molecule has 1 unspecified atom stereocenters. The van der Waals surface area contributed by atoms with Crippen molar-refractivity contribution in [3.05, 3.63) is 18.0 Å². The number of nitrogens with one attached hydrogen (secondary N) is 2. The molecule has 2 heterocycles. The quantitative estimate of drug-likeness (QED) is 0.769. The third-order valence-corrected chi connectivity index (χ3v) is 3.11. The van der Waals surface area contributed by atoms with Gasteiger partial charge >= 0.3 is 0 Å². The average molecular weight is 236 g/mol. The van der Waals surface area contributed by atoms with E-state index in [-0.39, 0.29) is 5.91 Å². The molecule has 0 radical (unpaired) electrons. The predicted molar refractivity (Wildman–Crippen MR) is 65.6 cm³/mol. The van der Waals surface area contributed by atoms with Gasteiger partial charge in [-0.15, -0.1) is 0 Å². The van der Waals surface area contributed by atoms with Gasteiger partial charge in [-0.1, -0.05) is 0 Å². The van der Waals surface area contributed by atoms with Crippen molar-refractivity contribution in [2.75, 3.05) is 13.1 Å². The van der Waals surface area contributed by atoms with Gasteiger partial charge in [0.05, 0.1) is 6.20 Å². The molecule has 0 saturated carbocycles. The lowest BCUT2D eigenvalue weighted by atomic mass is 10.2. The molecular formula is C12H20N4O. The Bertz CT molecular complexity index is 368. The second-order valence-electron chi connectivity index (χ2n) is 4.62. The molecule has 2 N–H and O–H groups in total. The molecule has 1 saturated heterocycles. The molecule has 0 aromatic carbocycles. The molecule has 1 aromatic heterocycles. The van der Waals surface area contributed by atoms with Crippen LogP contribution < -0.4 is 10.6 Å². The SMILES string of the molecule is Cn1cc(CCC(=O)NCC2CCCN2)cn1. The first-order valence-electron chi connectivity index (χ1n) is 6.21. The molecule has 2 rings (SSSR count). The zero-order valence-corrected chi connectivity index (χ0v) is 10.3. The van der Waals surface area contributed by atoms with Crippen LogP contribution in [0, 0.1) is 0 Å². The maximum absolute atomic E-state index is 11.6. The van der Waals surface area contributed by atoms with Gasteiger partial charge in [0.1, 0.15) is 0 Å². The fourth-order valence-corrected chi connectivity index (χ4v) is 2.12. The second kappa shape index (κ2) is 5.82. The van der Waals surface area contributed by atoms with E-state index in [0.29, 0.717) is 12.5 Å². The standard InChI is InChI=1S/C12H20N4O/c1-16-9-10(7-15-16)4-5-12(17)14-8-11-3-2-6-13-11/h7,9,11,13H,2-6,8H2,1H3,(H,14,17). The number of amides is 1. The topological polar surface area (TPSA) is 59.0 Å². The van der Waals surface area contributed by atoms with Crippen molar-refractivity contribution in [1.29, 1.82) is 0 Å². The molecule has 1 aliphatic rings. The lowest BCUT2D eigenvalue weighted by Gasteiger charge is -2.11. The number of aromatic nitrogens is 2. The van der Waals surface area contributed by atoms with E-state index in [1.54, 1.807) is 4.68 Å². The Morgan fingerprint density at radius 2 is 2.59 bits per heavy atom. The summed E-state index contributed by atoms with van der Waals surface area (Å²) in [5.41, 5.74) is 1.11. The van der Waals surface area contributed by atoms with Gasteiger partial charge in [-0.25, -0.2) is 0 Å². The number of hydrogen-bond donors (Lipinski definition) is 2. The first kappa shape index (κ1) is 12.1. The van der Waals surface area contributed by atoms with Gasteiger partial charge in [-0.3, -0.25) is 9.48 Å². The summed E-state index contributed by atoms with van der Waals surface area (Å²) in [6.45, 7) is 1.84. The molecule has 1 aliphatic heterocycles. The molecule has 5 nitrogen and oxygen atoms in total. The summed E-state index contributed by atoms with van der Waals surface area (Å²) in [5, 5.41) is 10.4. The van der Waals surface area contributed by atoms with Gasteiger partial charge in [-0.2, -0.15) is 5.10 Å². The van der Waals surface area contributed by atoms with Crippen LogP contribution in [0.5, 0.6) is 0 Å². The third kappa shape index (κ3) is 3.85. The van der Waals surface area contributed by atoms with Gasteiger partial charge < -0.3 is 10.6 Å². The van der Waals surface area contributed by atoms with Crippen molar-refractivity contribution in [2.24, 2.45) is 7.05 Å². The van der Waals surface area contributed by atoms with E-state index in [0.717, 1.165) is 25.1 Å². The highest BCUT2D eigenvalue weighted by Crippen LogP contribution is 2.04. The van der Waals surface area contributed by atoms with Crippen molar-refractivity contribution in [3.63, 3.8) is 0 Å². The van der Waals surface area contributed by atoms with Gasteiger partial charge in [0.15, 0.2) is 0 Å². The van der Waals surface area contributed by atoms with E-state index in [9.17, 15) is 4.79 Å². The fraction of sp³-hybridized carbons (Fsp3) is 0.667. The Balaban J connectivity index is 1.63. The fourth-order valence-electron chi connectivity index (χ4n) is 2.12. The molecule has 1 amide bonds. The van der Waals surface area contributed by atoms with Crippen LogP contribution in [0.2, 0.25) is 0 Å². The van der Waals surface area contributed by atoms with Crippen LogP contribution in [0.25, 0.3) is 0 Å². The Hall–Kier alpha value is -1.36. The van der Waals surface area contributed by atoms with Crippen molar-refractivity contribution >= 4 is 5.91 Å². The summed E-state index contributed by atoms with van der Waals surface area (Å²) in [6, 6.07) is 0.470. The summed E-state index contributed by atoms with van der Waals surface area (Å²) in [4.78, 5) is 11.6. The molecule has 1 fully saturated rings. The maximum Gasteiger partial charge on any atom is 0.220 e. The summed E-state index contributed by atoms with van der Waals surface area (Å²) in [7, 11) is 1.88. The van der Waals surface area contributed by atoms with Gasteiger partial charge in [0.2, 0.25) is 5.91 Å². The average Bonchev–Trinajstić information content (AvgIpc) is 2.95. The Morgan fingerprint density at radius 1 is 1.71 bits per heavy atom. The minimum absolute atomic E-state index is 0.127. The zero-order valence-electron chi connectivity index (χ0n) is 10.3. The van der Waals surface area contributed by atoms with Gasteiger partial charge in [-0.05, 0) is 31.4 Å². The first-order chi connectivity index (χ1) is 8.24. The minimum atomic E-state index is 0.127. The molecule has 0 bridgehead atoms. The summed E-state index contributed by atoms with van der Waals surface area (Å²) >= 11 is 0. The largest absolute Gasteiger partial charge is 0.355 e. The normalized spacial score (nSPS) is 19.5. The first-order valence-corrected chi connectivity index (χ1v) is 6.21. The number of rotatable bonds is 5. The van der Waals surface area contributed by atoms with E-state index < -0.39 is 0 Å². The summed E-state index contributed by atoms with van der Waals surface area (Å²) < 4.78 is 1.76. The van der Waals surface area contributed by atoms with E-state index in [1.807, 2.05) is 19.4 Å². The smallest absolute Gasteiger partial charge is 0.220 e. The summed E-state index contributed by atoms with van der Waals surface area (Å²) in [6.07, 6.45) is 7.45. The molecule has 5 heteroatoms. The lowest BCUT2D eigenvalue weighted by molar-refractivity contribution is -0.121. The molecule has 0 spiro atoms. The lowest BCUT2D eigenvalue weighted by Crippen LogP contribution is -2.37. The van der Waals surface area contributed by atoms with Gasteiger partial charge in [0, 0.05) is 32.3 Å². The highest BCUT2D eigenvalue weighted by molar-refractivity contribution is 5.76. The van der Waals surface area contributed by atoms with Crippen molar-refractivity contribution < 1.29 is 4.79 Å². The second-order valence-corrected chi connectivity index (χ2v) is 4.62. The highest BCUT2D eigenvalue weighted by Gasteiger charge is 2.14. The van der Waals surface area contributed by atoms with Crippen molar-refractivity contribution in [1.82, 2.24) is 20.4 Å². The monoisotopic (exact) mass is 236 g/mol. The molecule has 0 aliphatic carbocycles. The Morgan fingerprint density at radius 3 is 3.24 bits per heavy atom. The number of carbonyl (C=O) groups excluding carboxylic acids is 1. The molecule has 1 atom stereocenters. The van der Waals surface area contributed by atoms with E-state index in [4.69, 9.17) is 0 Å². The van der Waals surface area contributed by atoms with Crippen molar-refractivity contribution in [2.45, 2.75) is 31.7 Å². The summed E-state index contributed by atoms with van der Waals surface area (Å²) in [5.74, 6) is 0.127. The van der Waals surface area contributed by atoms with E-state index in [1.165, 1.54) is 12.8 Å². The van der Waals surface area contributed by atoms with Crippen LogP contribution in [-0.2, 0) is 18.3 Å².